The maximum absolute atomic E-state index is 12.8. The molecular formula is C23H27NO6. The number of amides is 1. The van der Waals surface area contributed by atoms with Crippen molar-refractivity contribution in [3.63, 3.8) is 0 Å². The number of hydrogen-bond acceptors (Lipinski definition) is 6. The van der Waals surface area contributed by atoms with Crippen LogP contribution in [-0.2, 0) is 20.8 Å². The van der Waals surface area contributed by atoms with Crippen LogP contribution in [0.4, 0.5) is 4.79 Å². The number of ether oxygens (including phenoxy) is 3. The number of aliphatic hydroxyl groups excluding tert-OH is 1. The van der Waals surface area contributed by atoms with E-state index in [0.717, 1.165) is 11.1 Å². The normalized spacial score (nSPS) is 18.7. The minimum atomic E-state index is -0.409. The average molecular weight is 413 g/mol. The third-order valence-electron chi connectivity index (χ3n) is 5.16. The summed E-state index contributed by atoms with van der Waals surface area (Å²) in [6, 6.07) is 16.3. The molecule has 160 valence electrons. The molecule has 0 bridgehead atoms. The number of piperidine rings is 1. The minimum absolute atomic E-state index is 0.0438. The van der Waals surface area contributed by atoms with Gasteiger partial charge < -0.3 is 24.2 Å². The molecule has 0 saturated carbocycles. The zero-order valence-corrected chi connectivity index (χ0v) is 17.0. The van der Waals surface area contributed by atoms with Gasteiger partial charge in [-0.05, 0) is 36.1 Å². The van der Waals surface area contributed by atoms with E-state index in [9.17, 15) is 9.59 Å². The Kier molecular flexibility index (Phi) is 7.82. The van der Waals surface area contributed by atoms with Gasteiger partial charge in [-0.1, -0.05) is 42.5 Å². The first-order chi connectivity index (χ1) is 14.6. The summed E-state index contributed by atoms with van der Waals surface area (Å²) in [6.45, 7) is 0.899. The van der Waals surface area contributed by atoms with Gasteiger partial charge in [0, 0.05) is 6.54 Å². The molecule has 30 heavy (non-hydrogen) atoms. The Balaban J connectivity index is 1.74. The number of carbonyl (C=O) groups is 2. The molecule has 0 aromatic heterocycles. The number of nitrogens with zero attached hydrogens (tertiary/aromatic N) is 1. The van der Waals surface area contributed by atoms with Gasteiger partial charge in [0.25, 0.3) is 0 Å². The van der Waals surface area contributed by atoms with Crippen LogP contribution in [0, 0.1) is 0 Å². The fraction of sp³-hybridized carbons (Fsp3) is 0.391. The highest BCUT2D eigenvalue weighted by Crippen LogP contribution is 2.33. The van der Waals surface area contributed by atoms with Crippen LogP contribution < -0.4 is 0 Å². The van der Waals surface area contributed by atoms with Crippen molar-refractivity contribution < 1.29 is 28.9 Å². The van der Waals surface area contributed by atoms with E-state index < -0.39 is 5.97 Å². The first-order valence-electron chi connectivity index (χ1n) is 10.0. The molecule has 1 fully saturated rings. The second-order valence-corrected chi connectivity index (χ2v) is 7.10. The Labute approximate surface area is 176 Å². The van der Waals surface area contributed by atoms with Crippen molar-refractivity contribution >= 4 is 12.1 Å². The van der Waals surface area contributed by atoms with Crippen molar-refractivity contribution in [3.05, 3.63) is 71.3 Å². The third-order valence-corrected chi connectivity index (χ3v) is 5.16. The number of carbonyl (C=O) groups excluding carboxylic acids is 2. The standard InChI is InChI=1S/C23H27NO6/c1-28-22(26)19-9-7-18(8-10-19)21-15-20(29-14-13-25)11-12-24(21)23(27)30-16-17-5-3-2-4-6-17/h2-10,20-21,25H,11-16H2,1H3/t20-,21-/m0/s1. The first kappa shape index (κ1) is 21.8. The highest BCUT2D eigenvalue weighted by Gasteiger charge is 2.34. The van der Waals surface area contributed by atoms with E-state index in [0.29, 0.717) is 24.9 Å². The summed E-state index contributed by atoms with van der Waals surface area (Å²) in [5.74, 6) is -0.409. The minimum Gasteiger partial charge on any atom is -0.465 e. The van der Waals surface area contributed by atoms with E-state index in [1.165, 1.54) is 7.11 Å². The topological polar surface area (TPSA) is 85.3 Å². The number of methoxy groups -OCH3 is 1. The number of likely N-dealkylation sites (tertiary alicyclic amines) is 1. The largest absolute Gasteiger partial charge is 0.465 e. The summed E-state index contributed by atoms with van der Waals surface area (Å²) in [7, 11) is 1.34. The Morgan fingerprint density at radius 3 is 2.50 bits per heavy atom. The molecule has 2 atom stereocenters. The van der Waals surface area contributed by atoms with Crippen molar-refractivity contribution in [1.29, 1.82) is 0 Å². The Morgan fingerprint density at radius 1 is 1.10 bits per heavy atom. The smallest absolute Gasteiger partial charge is 0.410 e. The number of aliphatic hydroxyl groups is 1. The van der Waals surface area contributed by atoms with E-state index in [1.54, 1.807) is 17.0 Å². The predicted molar refractivity (Wildman–Crippen MR) is 110 cm³/mol. The maximum atomic E-state index is 12.8. The zero-order chi connectivity index (χ0) is 21.3. The maximum Gasteiger partial charge on any atom is 0.410 e. The second kappa shape index (κ2) is 10.8. The molecule has 1 amide bonds. The molecule has 1 aliphatic heterocycles. The van der Waals surface area contributed by atoms with Gasteiger partial charge in [-0.3, -0.25) is 0 Å². The quantitative estimate of drug-likeness (QED) is 0.701. The molecule has 0 unspecified atom stereocenters. The van der Waals surface area contributed by atoms with Gasteiger partial charge in [-0.2, -0.15) is 0 Å². The van der Waals surface area contributed by atoms with Crippen molar-refractivity contribution in [2.75, 3.05) is 26.9 Å². The number of hydrogen-bond donors (Lipinski definition) is 1. The van der Waals surface area contributed by atoms with Gasteiger partial charge in [0.15, 0.2) is 0 Å². The van der Waals surface area contributed by atoms with Gasteiger partial charge in [0.2, 0.25) is 0 Å². The van der Waals surface area contributed by atoms with Crippen molar-refractivity contribution in [1.82, 2.24) is 4.90 Å². The van der Waals surface area contributed by atoms with Crippen LogP contribution >= 0.6 is 0 Å². The Hall–Kier alpha value is -2.90. The van der Waals surface area contributed by atoms with E-state index in [1.807, 2.05) is 42.5 Å². The lowest BCUT2D eigenvalue weighted by atomic mass is 9.93. The fourth-order valence-electron chi connectivity index (χ4n) is 3.60. The molecule has 1 N–H and O–H groups in total. The molecule has 1 saturated heterocycles. The van der Waals surface area contributed by atoms with Crippen LogP contribution in [0.25, 0.3) is 0 Å². The zero-order valence-electron chi connectivity index (χ0n) is 17.0. The lowest BCUT2D eigenvalue weighted by molar-refractivity contribution is -0.0276. The van der Waals surface area contributed by atoms with Gasteiger partial charge in [-0.25, -0.2) is 9.59 Å². The molecule has 1 heterocycles. The molecule has 0 aliphatic carbocycles. The van der Waals surface area contributed by atoms with E-state index in [4.69, 9.17) is 19.3 Å². The summed E-state index contributed by atoms with van der Waals surface area (Å²) in [4.78, 5) is 26.3. The molecule has 3 rings (SSSR count). The highest BCUT2D eigenvalue weighted by molar-refractivity contribution is 5.89. The molecule has 7 heteroatoms. The highest BCUT2D eigenvalue weighted by atomic mass is 16.6. The Morgan fingerprint density at radius 2 is 1.83 bits per heavy atom. The van der Waals surface area contributed by atoms with Crippen molar-refractivity contribution in [3.8, 4) is 0 Å². The fourth-order valence-corrected chi connectivity index (χ4v) is 3.60. The van der Waals surface area contributed by atoms with Crippen molar-refractivity contribution in [2.45, 2.75) is 31.6 Å². The van der Waals surface area contributed by atoms with Crippen LogP contribution in [0.15, 0.2) is 54.6 Å². The summed E-state index contributed by atoms with van der Waals surface area (Å²) in [5, 5.41) is 9.05. The lowest BCUT2D eigenvalue weighted by Gasteiger charge is -2.39. The Bertz CT molecular complexity index is 823. The van der Waals surface area contributed by atoms with Crippen LogP contribution in [-0.4, -0.2) is 55.0 Å². The van der Waals surface area contributed by atoms with Crippen LogP contribution in [0.5, 0.6) is 0 Å². The van der Waals surface area contributed by atoms with Gasteiger partial charge in [-0.15, -0.1) is 0 Å². The van der Waals surface area contributed by atoms with Gasteiger partial charge in [0.05, 0.1) is 38.0 Å². The number of rotatable bonds is 7. The average Bonchev–Trinajstić information content (AvgIpc) is 2.81. The SMILES string of the molecule is COC(=O)c1ccc([C@@H]2C[C@@H](OCCO)CCN2C(=O)OCc2ccccc2)cc1. The molecule has 7 nitrogen and oxygen atoms in total. The van der Waals surface area contributed by atoms with E-state index >= 15 is 0 Å². The van der Waals surface area contributed by atoms with E-state index in [2.05, 4.69) is 0 Å². The second-order valence-electron chi connectivity index (χ2n) is 7.10. The molecule has 2 aromatic carbocycles. The third kappa shape index (κ3) is 5.58. The lowest BCUT2D eigenvalue weighted by Crippen LogP contribution is -2.43. The van der Waals surface area contributed by atoms with Gasteiger partial charge >= 0.3 is 12.1 Å². The summed E-state index contributed by atoms with van der Waals surface area (Å²) >= 11 is 0. The summed E-state index contributed by atoms with van der Waals surface area (Å²) < 4.78 is 16.0. The van der Waals surface area contributed by atoms with E-state index in [-0.39, 0.29) is 38.1 Å². The summed E-state index contributed by atoms with van der Waals surface area (Å²) in [5.41, 5.74) is 2.26. The molecule has 2 aromatic rings. The van der Waals surface area contributed by atoms with Gasteiger partial charge in [0.1, 0.15) is 6.61 Å². The molecule has 1 aliphatic rings. The predicted octanol–water partition coefficient (Wildman–Crippen LogP) is 3.32. The number of benzene rings is 2. The molecule has 0 radical (unpaired) electrons. The van der Waals surface area contributed by atoms with Crippen molar-refractivity contribution in [2.24, 2.45) is 0 Å². The number of esters is 1. The van der Waals surface area contributed by atoms with Crippen LogP contribution in [0.2, 0.25) is 0 Å². The van der Waals surface area contributed by atoms with Crippen LogP contribution in [0.1, 0.15) is 40.4 Å². The van der Waals surface area contributed by atoms with Crippen LogP contribution in [0.3, 0.4) is 0 Å². The summed E-state index contributed by atoms with van der Waals surface area (Å²) in [6.07, 6.45) is 0.789. The molecular weight excluding hydrogens is 386 g/mol. The first-order valence-corrected chi connectivity index (χ1v) is 10.0. The molecule has 0 spiro atoms. The monoisotopic (exact) mass is 413 g/mol.